The Balaban J connectivity index is 1.44. The fourth-order valence-corrected chi connectivity index (χ4v) is 3.04. The first-order valence-electron chi connectivity index (χ1n) is 9.41. The fraction of sp³-hybridized carbons (Fsp3) is 0.412. The second kappa shape index (κ2) is 9.67. The van der Waals surface area contributed by atoms with Crippen LogP contribution in [0.2, 0.25) is 0 Å². The molecule has 3 heterocycles. The normalized spacial score (nSPS) is 10.9. The first kappa shape index (κ1) is 23.1. The minimum atomic E-state index is -0.629. The molecule has 0 aromatic carbocycles. The Kier molecular flexibility index (Phi) is 6.97. The van der Waals surface area contributed by atoms with E-state index < -0.39 is 16.7 Å². The summed E-state index contributed by atoms with van der Waals surface area (Å²) in [6, 6.07) is 1.28. The summed E-state index contributed by atoms with van der Waals surface area (Å²) in [6.45, 7) is 5.68. The van der Waals surface area contributed by atoms with Crippen LogP contribution in [0.1, 0.15) is 33.6 Å². The van der Waals surface area contributed by atoms with Crippen LogP contribution in [-0.4, -0.2) is 59.5 Å². The van der Waals surface area contributed by atoms with Crippen molar-refractivity contribution in [2.45, 2.75) is 33.9 Å². The van der Waals surface area contributed by atoms with Gasteiger partial charge in [-0.2, -0.15) is 14.8 Å². The summed E-state index contributed by atoms with van der Waals surface area (Å²) >= 11 is 3.44. The summed E-state index contributed by atoms with van der Waals surface area (Å²) in [5.74, 6) is -1.22. The third kappa shape index (κ3) is 5.35. The highest BCUT2D eigenvalue weighted by Crippen LogP contribution is 2.20. The van der Waals surface area contributed by atoms with Gasteiger partial charge in [-0.1, -0.05) is 5.16 Å². The maximum Gasteiger partial charge on any atom is 0.390 e. The van der Waals surface area contributed by atoms with Crippen molar-refractivity contribution in [3.63, 3.8) is 0 Å². The Bertz CT molecular complexity index is 1170. The molecule has 0 atom stereocenters. The molecule has 32 heavy (non-hydrogen) atoms. The lowest BCUT2D eigenvalue weighted by atomic mass is 10.4. The number of amides is 2. The Labute approximate surface area is 189 Å². The topological polar surface area (TPSA) is 176 Å². The van der Waals surface area contributed by atoms with E-state index in [1.807, 2.05) is 13.8 Å². The quantitative estimate of drug-likeness (QED) is 0.238. The summed E-state index contributed by atoms with van der Waals surface area (Å²) < 4.78 is 8.80. The monoisotopic (exact) mass is 509 g/mol. The molecule has 3 rings (SSSR count). The van der Waals surface area contributed by atoms with Crippen molar-refractivity contribution in [3.05, 3.63) is 49.5 Å². The highest BCUT2D eigenvalue weighted by molar-refractivity contribution is 9.10. The van der Waals surface area contributed by atoms with Crippen LogP contribution in [-0.2, 0) is 17.9 Å². The third-order valence-corrected chi connectivity index (χ3v) is 5.58. The van der Waals surface area contributed by atoms with E-state index in [0.717, 1.165) is 15.9 Å². The molecule has 15 heteroatoms. The van der Waals surface area contributed by atoms with Gasteiger partial charge in [-0.25, -0.2) is 0 Å². The Morgan fingerprint density at radius 3 is 2.53 bits per heavy atom. The summed E-state index contributed by atoms with van der Waals surface area (Å²) in [5.41, 5.74) is 2.21. The molecule has 0 aliphatic heterocycles. The van der Waals surface area contributed by atoms with Gasteiger partial charge in [0, 0.05) is 13.1 Å². The van der Waals surface area contributed by atoms with E-state index in [9.17, 15) is 19.7 Å². The second-order valence-corrected chi connectivity index (χ2v) is 7.62. The van der Waals surface area contributed by atoms with E-state index >= 15 is 0 Å². The van der Waals surface area contributed by atoms with Crippen molar-refractivity contribution in [2.75, 3.05) is 13.1 Å². The lowest BCUT2D eigenvalue weighted by Crippen LogP contribution is -2.36. The van der Waals surface area contributed by atoms with Crippen LogP contribution in [0.5, 0.6) is 0 Å². The van der Waals surface area contributed by atoms with Gasteiger partial charge in [-0.3, -0.25) is 14.3 Å². The third-order valence-electron chi connectivity index (χ3n) is 4.43. The molecule has 0 unspecified atom stereocenters. The maximum absolute atomic E-state index is 12.2. The molecular weight excluding hydrogens is 490 g/mol. The summed E-state index contributed by atoms with van der Waals surface area (Å²) in [6.07, 6.45) is 0. The van der Waals surface area contributed by atoms with Crippen LogP contribution in [0.15, 0.2) is 15.1 Å². The Morgan fingerprint density at radius 2 is 1.91 bits per heavy atom. The number of aromatic nitrogens is 6. The van der Waals surface area contributed by atoms with Gasteiger partial charge in [0.2, 0.25) is 5.91 Å². The minimum absolute atomic E-state index is 0.116. The molecule has 0 fully saturated rings. The average Bonchev–Trinajstić information content (AvgIpc) is 3.41. The molecule has 2 amide bonds. The Hall–Kier alpha value is -3.62. The first-order valence-corrected chi connectivity index (χ1v) is 10.2. The summed E-state index contributed by atoms with van der Waals surface area (Å²) in [7, 11) is 0. The maximum atomic E-state index is 12.2. The molecule has 0 saturated carbocycles. The lowest BCUT2D eigenvalue weighted by molar-refractivity contribution is -0.389. The van der Waals surface area contributed by atoms with Gasteiger partial charge in [0.05, 0.1) is 32.7 Å². The number of nitro groups is 1. The van der Waals surface area contributed by atoms with Crippen LogP contribution < -0.4 is 10.6 Å². The van der Waals surface area contributed by atoms with Crippen LogP contribution in [0.4, 0.5) is 5.82 Å². The number of hydrogen-bond donors (Lipinski definition) is 2. The highest BCUT2D eigenvalue weighted by atomic mass is 79.9. The van der Waals surface area contributed by atoms with E-state index in [1.54, 1.807) is 11.6 Å². The predicted octanol–water partition coefficient (Wildman–Crippen LogP) is 0.653. The zero-order valence-corrected chi connectivity index (χ0v) is 19.0. The van der Waals surface area contributed by atoms with Crippen molar-refractivity contribution in [1.82, 2.24) is 40.3 Å². The SMILES string of the molecule is Cc1nn(Cc2noc(C(=O)NCCNC(=O)Cn3nc([N+](=O)[O-])cc3C)n2)c(C)c1Br. The highest BCUT2D eigenvalue weighted by Gasteiger charge is 2.19. The van der Waals surface area contributed by atoms with E-state index in [-0.39, 0.29) is 37.9 Å². The molecule has 3 aromatic rings. The lowest BCUT2D eigenvalue weighted by Gasteiger charge is -2.05. The second-order valence-electron chi connectivity index (χ2n) is 6.82. The molecule has 14 nitrogen and oxygen atoms in total. The van der Waals surface area contributed by atoms with Crippen LogP contribution >= 0.6 is 15.9 Å². The van der Waals surface area contributed by atoms with Crippen LogP contribution in [0, 0.1) is 30.9 Å². The molecular formula is C17H20BrN9O5. The van der Waals surface area contributed by atoms with Gasteiger partial charge >= 0.3 is 17.6 Å². The number of halogens is 1. The van der Waals surface area contributed by atoms with Crippen molar-refractivity contribution < 1.29 is 19.0 Å². The molecule has 0 aliphatic rings. The summed E-state index contributed by atoms with van der Waals surface area (Å²) in [5, 5.41) is 27.8. The molecule has 170 valence electrons. The molecule has 2 N–H and O–H groups in total. The number of rotatable bonds is 9. The number of hydrogen-bond acceptors (Lipinski definition) is 9. The van der Waals surface area contributed by atoms with Gasteiger partial charge in [0.25, 0.3) is 0 Å². The van der Waals surface area contributed by atoms with Crippen molar-refractivity contribution >= 4 is 33.6 Å². The van der Waals surface area contributed by atoms with Gasteiger partial charge in [0.15, 0.2) is 5.82 Å². The smallest absolute Gasteiger partial charge is 0.358 e. The fourth-order valence-electron chi connectivity index (χ4n) is 2.76. The van der Waals surface area contributed by atoms with E-state index in [2.05, 4.69) is 46.9 Å². The van der Waals surface area contributed by atoms with Crippen LogP contribution in [0.25, 0.3) is 0 Å². The molecule has 3 aromatic heterocycles. The van der Waals surface area contributed by atoms with Gasteiger partial charge in [0.1, 0.15) is 13.1 Å². The molecule has 0 aliphatic carbocycles. The average molecular weight is 510 g/mol. The number of nitrogens with one attached hydrogen (secondary N) is 2. The van der Waals surface area contributed by atoms with Crippen molar-refractivity contribution in [2.24, 2.45) is 0 Å². The van der Waals surface area contributed by atoms with Gasteiger partial charge in [-0.15, -0.1) is 0 Å². The van der Waals surface area contributed by atoms with Crippen molar-refractivity contribution in [1.29, 1.82) is 0 Å². The van der Waals surface area contributed by atoms with Gasteiger partial charge in [-0.05, 0) is 41.6 Å². The Morgan fingerprint density at radius 1 is 1.19 bits per heavy atom. The van der Waals surface area contributed by atoms with E-state index in [1.165, 1.54) is 10.7 Å². The molecule has 0 radical (unpaired) electrons. The zero-order valence-electron chi connectivity index (χ0n) is 17.5. The zero-order chi connectivity index (χ0) is 23.4. The van der Waals surface area contributed by atoms with Crippen molar-refractivity contribution in [3.8, 4) is 0 Å². The molecule has 0 bridgehead atoms. The molecule has 0 saturated heterocycles. The number of aryl methyl sites for hydroxylation is 2. The van der Waals surface area contributed by atoms with E-state index in [4.69, 9.17) is 4.52 Å². The van der Waals surface area contributed by atoms with Gasteiger partial charge < -0.3 is 25.3 Å². The van der Waals surface area contributed by atoms with Crippen LogP contribution in [0.3, 0.4) is 0 Å². The summed E-state index contributed by atoms with van der Waals surface area (Å²) in [4.78, 5) is 38.3. The number of carbonyl (C=O) groups excluding carboxylic acids is 2. The van der Waals surface area contributed by atoms with E-state index in [0.29, 0.717) is 11.5 Å². The molecule has 0 spiro atoms. The predicted molar refractivity (Wildman–Crippen MR) is 112 cm³/mol. The standard InChI is InChI=1S/C17H20BrN9O5/c1-9-6-13(27(30)31)23-25(9)8-14(28)19-4-5-20-16(29)17-21-12(24-32-17)7-26-11(3)15(18)10(2)22-26/h6H,4-5,7-8H2,1-3H3,(H,19,28)(H,20,29). The number of nitrogens with zero attached hydrogens (tertiary/aromatic N) is 7. The number of carbonyl (C=O) groups is 2. The first-order chi connectivity index (χ1) is 15.2. The largest absolute Gasteiger partial charge is 0.390 e. The minimum Gasteiger partial charge on any atom is -0.358 e.